The van der Waals surface area contributed by atoms with Crippen LogP contribution in [-0.4, -0.2) is 48.5 Å². The lowest BCUT2D eigenvalue weighted by Crippen LogP contribution is -2.37. The molecule has 3 N–H and O–H groups in total. The second kappa shape index (κ2) is 9.11. The van der Waals surface area contributed by atoms with Gasteiger partial charge in [-0.2, -0.15) is 0 Å². The van der Waals surface area contributed by atoms with E-state index in [1.165, 1.54) is 0 Å². The molecular weight excluding hydrogens is 264 g/mol. The monoisotopic (exact) mass is 288 g/mol. The zero-order valence-corrected chi connectivity index (χ0v) is 13.0. The number of carbonyl (C=O) groups excluding carboxylic acids is 1. The van der Waals surface area contributed by atoms with Crippen molar-refractivity contribution < 1.29 is 4.79 Å². The van der Waals surface area contributed by atoms with Crippen molar-refractivity contribution in [1.82, 2.24) is 15.2 Å². The summed E-state index contributed by atoms with van der Waals surface area (Å²) < 4.78 is 0. The van der Waals surface area contributed by atoms with Crippen molar-refractivity contribution in [2.24, 2.45) is 5.73 Å². The third-order valence-electron chi connectivity index (χ3n) is 3.48. The van der Waals surface area contributed by atoms with E-state index >= 15 is 0 Å². The molecule has 0 spiro atoms. The highest BCUT2D eigenvalue weighted by Crippen LogP contribution is 2.05. The molecule has 0 fully saturated rings. The number of amides is 1. The number of rotatable bonds is 6. The number of likely N-dealkylation sites (N-methyl/N-ethyl adjacent to an activating group) is 1. The smallest absolute Gasteiger partial charge is 0.252 e. The number of carbonyl (C=O) groups is 1. The van der Waals surface area contributed by atoms with E-state index in [9.17, 15) is 4.79 Å². The summed E-state index contributed by atoms with van der Waals surface area (Å²) in [6, 6.07) is 2.18. The maximum Gasteiger partial charge on any atom is 0.252 e. The van der Waals surface area contributed by atoms with Crippen LogP contribution in [0.3, 0.4) is 0 Å². The van der Waals surface area contributed by atoms with E-state index in [0.717, 1.165) is 13.0 Å². The Bertz CT molecular complexity index is 518. The minimum Gasteiger partial charge on any atom is -0.351 e. The van der Waals surface area contributed by atoms with Crippen molar-refractivity contribution in [3.05, 3.63) is 29.6 Å². The second-order valence-corrected chi connectivity index (χ2v) is 4.92. The fourth-order valence-corrected chi connectivity index (χ4v) is 1.81. The van der Waals surface area contributed by atoms with E-state index in [-0.39, 0.29) is 12.5 Å². The van der Waals surface area contributed by atoms with Crippen molar-refractivity contribution in [2.45, 2.75) is 26.3 Å². The summed E-state index contributed by atoms with van der Waals surface area (Å²) in [7, 11) is 2.06. The molecule has 0 aliphatic rings. The predicted molar refractivity (Wildman–Crippen MR) is 84.9 cm³/mol. The predicted octanol–water partition coefficient (Wildman–Crippen LogP) is 0.852. The van der Waals surface area contributed by atoms with Gasteiger partial charge in [0.1, 0.15) is 0 Å². The first-order valence-corrected chi connectivity index (χ1v) is 7.21. The fraction of sp³-hybridized carbons (Fsp3) is 0.500. The number of hydrogen-bond acceptors (Lipinski definition) is 4. The minimum absolute atomic E-state index is 0.128. The Kier molecular flexibility index (Phi) is 7.44. The molecule has 1 amide bonds. The van der Waals surface area contributed by atoms with Gasteiger partial charge in [-0.1, -0.05) is 18.8 Å². The molecule has 0 saturated heterocycles. The highest BCUT2D eigenvalue weighted by atomic mass is 16.1. The maximum absolute atomic E-state index is 12.2. The molecule has 21 heavy (non-hydrogen) atoms. The Morgan fingerprint density at radius 2 is 2.33 bits per heavy atom. The summed E-state index contributed by atoms with van der Waals surface area (Å²) in [4.78, 5) is 18.4. The largest absolute Gasteiger partial charge is 0.351 e. The van der Waals surface area contributed by atoms with Crippen molar-refractivity contribution in [2.75, 3.05) is 26.7 Å². The van der Waals surface area contributed by atoms with Crippen LogP contribution in [0.15, 0.2) is 18.5 Å². The lowest BCUT2D eigenvalue weighted by molar-refractivity contribution is 0.0947. The topological polar surface area (TPSA) is 71.2 Å². The van der Waals surface area contributed by atoms with Crippen LogP contribution in [0.5, 0.6) is 0 Å². The van der Waals surface area contributed by atoms with Crippen LogP contribution in [0.25, 0.3) is 0 Å². The van der Waals surface area contributed by atoms with Gasteiger partial charge in [0.25, 0.3) is 5.91 Å². The van der Waals surface area contributed by atoms with Crippen molar-refractivity contribution in [1.29, 1.82) is 0 Å². The molecule has 1 atom stereocenters. The average molecular weight is 288 g/mol. The van der Waals surface area contributed by atoms with Crippen LogP contribution < -0.4 is 11.1 Å². The molecule has 1 heterocycles. The lowest BCUT2D eigenvalue weighted by atomic mass is 10.1. The Morgan fingerprint density at radius 1 is 1.57 bits per heavy atom. The van der Waals surface area contributed by atoms with E-state index in [2.05, 4.69) is 47.9 Å². The second-order valence-electron chi connectivity index (χ2n) is 4.92. The third kappa shape index (κ3) is 5.54. The molecule has 1 rings (SSSR count). The molecule has 1 unspecified atom stereocenters. The van der Waals surface area contributed by atoms with Gasteiger partial charge in [-0.3, -0.25) is 9.78 Å². The number of nitrogens with zero attached hydrogens (tertiary/aromatic N) is 2. The van der Waals surface area contributed by atoms with Crippen molar-refractivity contribution in [3.63, 3.8) is 0 Å². The van der Waals surface area contributed by atoms with Crippen LogP contribution in [0, 0.1) is 11.8 Å². The molecule has 0 saturated carbocycles. The van der Waals surface area contributed by atoms with Gasteiger partial charge in [0, 0.05) is 31.5 Å². The average Bonchev–Trinajstić information content (AvgIpc) is 2.52. The SMILES string of the molecule is CCC(C)N(C)CCNC(=O)c1ccncc1C#CCN. The van der Waals surface area contributed by atoms with Crippen LogP contribution in [0.2, 0.25) is 0 Å². The molecule has 0 aliphatic heterocycles. The number of hydrogen-bond donors (Lipinski definition) is 2. The summed E-state index contributed by atoms with van der Waals surface area (Å²) in [5.41, 5.74) is 6.50. The molecule has 0 radical (unpaired) electrons. The summed E-state index contributed by atoms with van der Waals surface area (Å²) in [6.07, 6.45) is 4.27. The van der Waals surface area contributed by atoms with E-state index in [4.69, 9.17) is 5.73 Å². The zero-order chi connectivity index (χ0) is 15.7. The molecule has 114 valence electrons. The van der Waals surface area contributed by atoms with E-state index < -0.39 is 0 Å². The van der Waals surface area contributed by atoms with Crippen LogP contribution in [-0.2, 0) is 0 Å². The lowest BCUT2D eigenvalue weighted by Gasteiger charge is -2.23. The van der Waals surface area contributed by atoms with Crippen molar-refractivity contribution in [3.8, 4) is 11.8 Å². The van der Waals surface area contributed by atoms with Gasteiger partial charge in [-0.05, 0) is 26.5 Å². The Hall–Kier alpha value is -1.90. The van der Waals surface area contributed by atoms with Crippen LogP contribution >= 0.6 is 0 Å². The first-order valence-electron chi connectivity index (χ1n) is 7.21. The zero-order valence-electron chi connectivity index (χ0n) is 13.0. The molecule has 0 bridgehead atoms. The molecular formula is C16H24N4O. The first kappa shape index (κ1) is 17.2. The Balaban J connectivity index is 2.60. The standard InChI is InChI=1S/C16H24N4O/c1-4-13(2)20(3)11-10-19-16(21)15-7-9-18-12-14(15)6-5-8-17/h7,9,12-13H,4,8,10-11,17H2,1-3H3,(H,19,21). The van der Waals surface area contributed by atoms with Gasteiger partial charge in [0.2, 0.25) is 0 Å². The highest BCUT2D eigenvalue weighted by molar-refractivity contribution is 5.96. The molecule has 0 aliphatic carbocycles. The number of nitrogens with two attached hydrogens (primary N) is 1. The van der Waals surface area contributed by atoms with Crippen LogP contribution in [0.4, 0.5) is 0 Å². The van der Waals surface area contributed by atoms with Gasteiger partial charge in [-0.15, -0.1) is 0 Å². The summed E-state index contributed by atoms with van der Waals surface area (Å²) in [6.45, 7) is 6.00. The number of pyridine rings is 1. The number of nitrogens with one attached hydrogen (secondary N) is 1. The Labute approximate surface area is 126 Å². The summed E-state index contributed by atoms with van der Waals surface area (Å²) in [5, 5.41) is 2.92. The molecule has 0 aromatic carbocycles. The normalized spacial score (nSPS) is 11.7. The van der Waals surface area contributed by atoms with E-state index in [1.54, 1.807) is 18.5 Å². The summed E-state index contributed by atoms with van der Waals surface area (Å²) in [5.74, 6) is 5.49. The van der Waals surface area contributed by atoms with Gasteiger partial charge in [-0.25, -0.2) is 0 Å². The van der Waals surface area contributed by atoms with Gasteiger partial charge in [0.15, 0.2) is 0 Å². The molecule has 1 aromatic rings. The molecule has 1 aromatic heterocycles. The minimum atomic E-state index is -0.128. The molecule has 5 heteroatoms. The van der Waals surface area contributed by atoms with Crippen molar-refractivity contribution >= 4 is 5.91 Å². The highest BCUT2D eigenvalue weighted by Gasteiger charge is 2.11. The first-order chi connectivity index (χ1) is 10.1. The van der Waals surface area contributed by atoms with Crippen LogP contribution in [0.1, 0.15) is 36.2 Å². The quantitative estimate of drug-likeness (QED) is 0.761. The summed E-state index contributed by atoms with van der Waals surface area (Å²) >= 11 is 0. The maximum atomic E-state index is 12.2. The van der Waals surface area contributed by atoms with Gasteiger partial charge >= 0.3 is 0 Å². The molecule has 5 nitrogen and oxygen atoms in total. The van der Waals surface area contributed by atoms with E-state index in [1.807, 2.05) is 0 Å². The number of aromatic nitrogens is 1. The van der Waals surface area contributed by atoms with Gasteiger partial charge in [0.05, 0.1) is 17.7 Å². The fourth-order valence-electron chi connectivity index (χ4n) is 1.81. The van der Waals surface area contributed by atoms with E-state index in [0.29, 0.717) is 23.7 Å². The third-order valence-corrected chi connectivity index (χ3v) is 3.48. The van der Waals surface area contributed by atoms with Gasteiger partial charge < -0.3 is 16.0 Å². The Morgan fingerprint density at radius 3 is 3.00 bits per heavy atom.